The predicted molar refractivity (Wildman–Crippen MR) is 52.3 cm³/mol. The molecule has 72 valence electrons. The highest BCUT2D eigenvalue weighted by atomic mass is 16.5. The van der Waals surface area contributed by atoms with E-state index in [1.807, 2.05) is 25.1 Å². The lowest BCUT2D eigenvalue weighted by molar-refractivity contribution is -0.131. The maximum atomic E-state index is 10.8. The summed E-state index contributed by atoms with van der Waals surface area (Å²) in [5.74, 6) is 0.144. The largest absolute Gasteiger partial charge is 0.460 e. The van der Waals surface area contributed by atoms with Gasteiger partial charge in [-0.1, -0.05) is 12.1 Å². The number of hydrogen-bond acceptors (Lipinski definition) is 3. The SMILES string of the molecule is CC(=O)Oc1coc2c(C)cccc12. The number of benzene rings is 1. The van der Waals surface area contributed by atoms with Crippen LogP contribution in [0.4, 0.5) is 0 Å². The second-order valence-corrected chi connectivity index (χ2v) is 3.15. The second kappa shape index (κ2) is 3.18. The second-order valence-electron chi connectivity index (χ2n) is 3.15. The van der Waals surface area contributed by atoms with Crippen molar-refractivity contribution in [3.05, 3.63) is 30.0 Å². The minimum atomic E-state index is -0.339. The quantitative estimate of drug-likeness (QED) is 0.649. The van der Waals surface area contributed by atoms with Gasteiger partial charge in [-0.25, -0.2) is 0 Å². The Morgan fingerprint density at radius 2 is 2.21 bits per heavy atom. The maximum Gasteiger partial charge on any atom is 0.308 e. The lowest BCUT2D eigenvalue weighted by atomic mass is 10.2. The van der Waals surface area contributed by atoms with Crippen molar-refractivity contribution in [2.45, 2.75) is 13.8 Å². The van der Waals surface area contributed by atoms with Gasteiger partial charge in [0.05, 0.1) is 5.39 Å². The third-order valence-electron chi connectivity index (χ3n) is 2.01. The first kappa shape index (κ1) is 8.81. The van der Waals surface area contributed by atoms with Gasteiger partial charge >= 0.3 is 5.97 Å². The molecule has 14 heavy (non-hydrogen) atoms. The number of para-hydroxylation sites is 1. The highest BCUT2D eigenvalue weighted by Crippen LogP contribution is 2.29. The number of aryl methyl sites for hydroxylation is 1. The van der Waals surface area contributed by atoms with Gasteiger partial charge in [-0.3, -0.25) is 4.79 Å². The molecule has 1 aromatic heterocycles. The van der Waals surface area contributed by atoms with Gasteiger partial charge in [-0.2, -0.15) is 0 Å². The molecule has 3 nitrogen and oxygen atoms in total. The summed E-state index contributed by atoms with van der Waals surface area (Å²) in [7, 11) is 0. The van der Waals surface area contributed by atoms with Crippen molar-refractivity contribution in [1.29, 1.82) is 0 Å². The van der Waals surface area contributed by atoms with E-state index in [0.29, 0.717) is 5.75 Å². The molecule has 0 atom stereocenters. The fraction of sp³-hybridized carbons (Fsp3) is 0.182. The molecular weight excluding hydrogens is 180 g/mol. The lowest BCUT2D eigenvalue weighted by Gasteiger charge is -1.97. The van der Waals surface area contributed by atoms with Gasteiger partial charge in [0, 0.05) is 6.92 Å². The molecule has 0 saturated carbocycles. The molecule has 0 N–H and O–H groups in total. The number of rotatable bonds is 1. The van der Waals surface area contributed by atoms with E-state index in [1.54, 1.807) is 0 Å². The zero-order valence-corrected chi connectivity index (χ0v) is 8.03. The van der Waals surface area contributed by atoms with Crippen LogP contribution in [0.25, 0.3) is 11.0 Å². The normalized spacial score (nSPS) is 10.4. The van der Waals surface area contributed by atoms with Crippen molar-refractivity contribution in [1.82, 2.24) is 0 Å². The molecule has 0 fully saturated rings. The molecule has 0 bridgehead atoms. The first-order chi connectivity index (χ1) is 6.68. The fourth-order valence-corrected chi connectivity index (χ4v) is 1.41. The summed E-state index contributed by atoms with van der Waals surface area (Å²) >= 11 is 0. The van der Waals surface area contributed by atoms with Crippen LogP contribution in [0.1, 0.15) is 12.5 Å². The Morgan fingerprint density at radius 1 is 1.43 bits per heavy atom. The summed E-state index contributed by atoms with van der Waals surface area (Å²) in [4.78, 5) is 10.8. The summed E-state index contributed by atoms with van der Waals surface area (Å²) in [5, 5.41) is 0.834. The van der Waals surface area contributed by atoms with Crippen molar-refractivity contribution in [2.75, 3.05) is 0 Å². The Hall–Kier alpha value is -1.77. The Bertz CT molecular complexity index is 482. The van der Waals surface area contributed by atoms with Crippen molar-refractivity contribution < 1.29 is 13.9 Å². The smallest absolute Gasteiger partial charge is 0.308 e. The van der Waals surface area contributed by atoms with Crippen LogP contribution >= 0.6 is 0 Å². The van der Waals surface area contributed by atoms with Gasteiger partial charge in [0.1, 0.15) is 11.8 Å². The number of carbonyl (C=O) groups is 1. The topological polar surface area (TPSA) is 39.4 Å². The van der Waals surface area contributed by atoms with Crippen LogP contribution in [-0.4, -0.2) is 5.97 Å². The number of fused-ring (bicyclic) bond motifs is 1. The van der Waals surface area contributed by atoms with E-state index >= 15 is 0 Å². The zero-order chi connectivity index (χ0) is 10.1. The van der Waals surface area contributed by atoms with Crippen molar-refractivity contribution in [2.24, 2.45) is 0 Å². The standard InChI is InChI=1S/C11H10O3/c1-7-4-3-5-9-10(14-8(2)12)6-13-11(7)9/h3-6H,1-2H3. The lowest BCUT2D eigenvalue weighted by Crippen LogP contribution is -2.00. The molecule has 0 aliphatic carbocycles. The van der Waals surface area contributed by atoms with Crippen LogP contribution in [0, 0.1) is 6.92 Å². The molecule has 1 heterocycles. The molecule has 1 aromatic carbocycles. The third kappa shape index (κ3) is 1.37. The summed E-state index contributed by atoms with van der Waals surface area (Å²) in [6.07, 6.45) is 1.46. The van der Waals surface area contributed by atoms with E-state index in [-0.39, 0.29) is 5.97 Å². The number of esters is 1. The Morgan fingerprint density at radius 3 is 2.93 bits per heavy atom. The van der Waals surface area contributed by atoms with E-state index < -0.39 is 0 Å². The number of hydrogen-bond donors (Lipinski definition) is 0. The summed E-state index contributed by atoms with van der Waals surface area (Å²) in [6.45, 7) is 3.32. The summed E-state index contributed by atoms with van der Waals surface area (Å²) in [5.41, 5.74) is 1.80. The predicted octanol–water partition coefficient (Wildman–Crippen LogP) is 2.67. The van der Waals surface area contributed by atoms with Crippen LogP contribution < -0.4 is 4.74 Å². The molecule has 2 aromatic rings. The van der Waals surface area contributed by atoms with Crippen molar-refractivity contribution in [3.8, 4) is 5.75 Å². The first-order valence-corrected chi connectivity index (χ1v) is 4.33. The van der Waals surface area contributed by atoms with Crippen molar-refractivity contribution in [3.63, 3.8) is 0 Å². The van der Waals surface area contributed by atoms with E-state index in [2.05, 4.69) is 0 Å². The minimum Gasteiger partial charge on any atom is -0.460 e. The van der Waals surface area contributed by atoms with E-state index in [9.17, 15) is 4.79 Å². The average molecular weight is 190 g/mol. The summed E-state index contributed by atoms with van der Waals surface area (Å²) in [6, 6.07) is 5.72. The van der Waals surface area contributed by atoms with Crippen LogP contribution in [0.15, 0.2) is 28.9 Å². The molecule has 3 heteroatoms. The molecule has 0 spiro atoms. The molecule has 0 radical (unpaired) electrons. The molecule has 0 amide bonds. The first-order valence-electron chi connectivity index (χ1n) is 4.33. The maximum absolute atomic E-state index is 10.8. The molecule has 0 unspecified atom stereocenters. The molecule has 0 aliphatic heterocycles. The zero-order valence-electron chi connectivity index (χ0n) is 8.03. The molecule has 0 aliphatic rings. The van der Waals surface area contributed by atoms with E-state index in [4.69, 9.17) is 9.15 Å². The number of furan rings is 1. The van der Waals surface area contributed by atoms with E-state index in [1.165, 1.54) is 13.2 Å². The van der Waals surface area contributed by atoms with Crippen molar-refractivity contribution >= 4 is 16.9 Å². The monoisotopic (exact) mass is 190 g/mol. The molecule has 2 rings (SSSR count). The number of ether oxygens (including phenoxy) is 1. The highest BCUT2D eigenvalue weighted by Gasteiger charge is 2.09. The molecular formula is C11H10O3. The van der Waals surface area contributed by atoms with Gasteiger partial charge in [-0.15, -0.1) is 0 Å². The van der Waals surface area contributed by atoms with Gasteiger partial charge in [-0.05, 0) is 18.6 Å². The highest BCUT2D eigenvalue weighted by molar-refractivity contribution is 5.88. The van der Waals surface area contributed by atoms with Crippen LogP contribution in [0.5, 0.6) is 5.75 Å². The van der Waals surface area contributed by atoms with Gasteiger partial charge in [0.15, 0.2) is 5.75 Å². The summed E-state index contributed by atoms with van der Waals surface area (Å²) < 4.78 is 10.3. The van der Waals surface area contributed by atoms with Gasteiger partial charge in [0.2, 0.25) is 0 Å². The third-order valence-corrected chi connectivity index (χ3v) is 2.01. The minimum absolute atomic E-state index is 0.339. The van der Waals surface area contributed by atoms with Crippen LogP contribution in [0.3, 0.4) is 0 Å². The Balaban J connectivity index is 2.58. The fourth-order valence-electron chi connectivity index (χ4n) is 1.41. The Kier molecular flexibility index (Phi) is 2.00. The Labute approximate surface area is 81.3 Å². The van der Waals surface area contributed by atoms with E-state index in [0.717, 1.165) is 16.5 Å². The van der Waals surface area contributed by atoms with Crippen LogP contribution in [-0.2, 0) is 4.79 Å². The number of carbonyl (C=O) groups excluding carboxylic acids is 1. The van der Waals surface area contributed by atoms with Gasteiger partial charge in [0.25, 0.3) is 0 Å². The van der Waals surface area contributed by atoms with Gasteiger partial charge < -0.3 is 9.15 Å². The molecule has 0 saturated heterocycles. The van der Waals surface area contributed by atoms with Crippen LogP contribution in [0.2, 0.25) is 0 Å². The average Bonchev–Trinajstić information content (AvgIpc) is 2.49.